The molecule has 1 atom stereocenters. The van der Waals surface area contributed by atoms with Crippen molar-refractivity contribution in [3.63, 3.8) is 0 Å². The Labute approximate surface area is 147 Å². The van der Waals surface area contributed by atoms with E-state index in [0.29, 0.717) is 5.82 Å². The first-order valence-electron chi connectivity index (χ1n) is 8.56. The molecule has 1 aliphatic rings. The maximum Gasteiger partial charge on any atom is 0.180 e. The van der Waals surface area contributed by atoms with Crippen LogP contribution in [0.25, 0.3) is 6.08 Å². The molecule has 0 aliphatic carbocycles. The lowest BCUT2D eigenvalue weighted by molar-refractivity contribution is -0.115. The van der Waals surface area contributed by atoms with Crippen molar-refractivity contribution in [2.45, 2.75) is 52.0 Å². The summed E-state index contributed by atoms with van der Waals surface area (Å²) >= 11 is 0. The molecule has 0 radical (unpaired) electrons. The Kier molecular flexibility index (Phi) is 4.79. The SMILES string of the molecule is Cc1nn(C)c(C)c1C=CC(=O)C(C#N)c1nnc2n1CCCCC2. The first kappa shape index (κ1) is 17.1. The number of rotatable bonds is 4. The lowest BCUT2D eigenvalue weighted by atomic mass is 10.0. The molecule has 0 bridgehead atoms. The molecule has 0 aromatic carbocycles. The normalized spacial score (nSPS) is 15.6. The van der Waals surface area contributed by atoms with E-state index in [-0.39, 0.29) is 5.78 Å². The van der Waals surface area contributed by atoms with E-state index in [0.717, 1.165) is 55.0 Å². The van der Waals surface area contributed by atoms with Gasteiger partial charge in [0.15, 0.2) is 17.5 Å². The van der Waals surface area contributed by atoms with Gasteiger partial charge < -0.3 is 4.57 Å². The predicted molar refractivity (Wildman–Crippen MR) is 92.7 cm³/mol. The molecular weight excluding hydrogens is 316 g/mol. The average Bonchev–Trinajstić information content (AvgIpc) is 2.97. The Morgan fingerprint density at radius 3 is 2.76 bits per heavy atom. The van der Waals surface area contributed by atoms with Gasteiger partial charge in [-0.2, -0.15) is 10.4 Å². The van der Waals surface area contributed by atoms with E-state index in [1.165, 1.54) is 6.08 Å². The van der Waals surface area contributed by atoms with Crippen LogP contribution in [0.3, 0.4) is 0 Å². The highest BCUT2D eigenvalue weighted by Crippen LogP contribution is 2.22. The van der Waals surface area contributed by atoms with Gasteiger partial charge in [0.2, 0.25) is 0 Å². The molecule has 0 saturated carbocycles. The Bertz CT molecular complexity index is 867. The molecule has 1 aliphatic heterocycles. The highest BCUT2D eigenvalue weighted by Gasteiger charge is 2.26. The van der Waals surface area contributed by atoms with Gasteiger partial charge in [0.05, 0.1) is 11.8 Å². The molecule has 1 unspecified atom stereocenters. The molecule has 3 rings (SSSR count). The Hall–Kier alpha value is -2.75. The number of hydrogen-bond acceptors (Lipinski definition) is 5. The molecule has 7 heteroatoms. The van der Waals surface area contributed by atoms with Crippen LogP contribution in [0.5, 0.6) is 0 Å². The number of aryl methyl sites for hydroxylation is 3. The molecule has 7 nitrogen and oxygen atoms in total. The summed E-state index contributed by atoms with van der Waals surface area (Å²) in [6.07, 6.45) is 7.28. The van der Waals surface area contributed by atoms with E-state index in [2.05, 4.69) is 21.4 Å². The van der Waals surface area contributed by atoms with Crippen molar-refractivity contribution in [2.75, 3.05) is 0 Å². The zero-order valence-corrected chi connectivity index (χ0v) is 14.9. The number of nitriles is 1. The predicted octanol–water partition coefficient (Wildman–Crippen LogP) is 2.24. The van der Waals surface area contributed by atoms with Crippen molar-refractivity contribution in [1.29, 1.82) is 5.26 Å². The second kappa shape index (κ2) is 7.01. The molecule has 2 aromatic rings. The number of ketones is 1. The van der Waals surface area contributed by atoms with Gasteiger partial charge in [0, 0.05) is 31.3 Å². The summed E-state index contributed by atoms with van der Waals surface area (Å²) in [5, 5.41) is 22.2. The number of nitrogens with zero attached hydrogens (tertiary/aromatic N) is 6. The van der Waals surface area contributed by atoms with Crippen molar-refractivity contribution in [2.24, 2.45) is 7.05 Å². The van der Waals surface area contributed by atoms with Crippen LogP contribution in [0.15, 0.2) is 6.08 Å². The average molecular weight is 338 g/mol. The molecule has 0 fully saturated rings. The number of allylic oxidation sites excluding steroid dienone is 1. The number of fused-ring (bicyclic) bond motifs is 1. The quantitative estimate of drug-likeness (QED) is 0.798. The van der Waals surface area contributed by atoms with Gasteiger partial charge in [-0.1, -0.05) is 6.42 Å². The molecule has 0 N–H and O–H groups in total. The lowest BCUT2D eigenvalue weighted by Crippen LogP contribution is -2.15. The first-order valence-corrected chi connectivity index (χ1v) is 8.56. The van der Waals surface area contributed by atoms with Gasteiger partial charge in [-0.25, -0.2) is 0 Å². The minimum atomic E-state index is -0.923. The van der Waals surface area contributed by atoms with Crippen molar-refractivity contribution >= 4 is 11.9 Å². The Balaban J connectivity index is 1.87. The van der Waals surface area contributed by atoms with Crippen molar-refractivity contribution in [3.05, 3.63) is 34.7 Å². The molecule has 0 amide bonds. The second-order valence-corrected chi connectivity index (χ2v) is 6.44. The smallest absolute Gasteiger partial charge is 0.180 e. The third kappa shape index (κ3) is 3.25. The highest BCUT2D eigenvalue weighted by atomic mass is 16.1. The highest BCUT2D eigenvalue weighted by molar-refractivity contribution is 6.00. The molecule has 25 heavy (non-hydrogen) atoms. The fourth-order valence-corrected chi connectivity index (χ4v) is 3.26. The van der Waals surface area contributed by atoms with Crippen LogP contribution in [0.2, 0.25) is 0 Å². The maximum absolute atomic E-state index is 12.6. The topological polar surface area (TPSA) is 89.4 Å². The van der Waals surface area contributed by atoms with Gasteiger partial charge in [-0.15, -0.1) is 10.2 Å². The fourth-order valence-electron chi connectivity index (χ4n) is 3.26. The van der Waals surface area contributed by atoms with Crippen LogP contribution >= 0.6 is 0 Å². The molecule has 130 valence electrons. The molecule has 0 spiro atoms. The van der Waals surface area contributed by atoms with E-state index in [4.69, 9.17) is 0 Å². The maximum atomic E-state index is 12.6. The largest absolute Gasteiger partial charge is 0.313 e. The second-order valence-electron chi connectivity index (χ2n) is 6.44. The van der Waals surface area contributed by atoms with Crippen LogP contribution < -0.4 is 0 Å². The van der Waals surface area contributed by atoms with Crippen LogP contribution in [0.4, 0.5) is 0 Å². The lowest BCUT2D eigenvalue weighted by Gasteiger charge is -2.09. The third-order valence-corrected chi connectivity index (χ3v) is 4.79. The Morgan fingerprint density at radius 1 is 1.28 bits per heavy atom. The summed E-state index contributed by atoms with van der Waals surface area (Å²) in [5.74, 6) is 0.148. The number of hydrogen-bond donors (Lipinski definition) is 0. The molecule has 2 aromatic heterocycles. The molecule has 3 heterocycles. The zero-order chi connectivity index (χ0) is 18.0. The van der Waals surface area contributed by atoms with Gasteiger partial charge in [0.1, 0.15) is 5.82 Å². The molecular formula is C18H22N6O. The van der Waals surface area contributed by atoms with Crippen molar-refractivity contribution in [1.82, 2.24) is 24.5 Å². The van der Waals surface area contributed by atoms with E-state index < -0.39 is 5.92 Å². The summed E-state index contributed by atoms with van der Waals surface area (Å²) in [6, 6.07) is 2.10. The van der Waals surface area contributed by atoms with Gasteiger partial charge in [0.25, 0.3) is 0 Å². The Morgan fingerprint density at radius 2 is 2.08 bits per heavy atom. The van der Waals surface area contributed by atoms with Gasteiger partial charge in [-0.3, -0.25) is 9.48 Å². The van der Waals surface area contributed by atoms with Gasteiger partial charge >= 0.3 is 0 Å². The van der Waals surface area contributed by atoms with Crippen molar-refractivity contribution in [3.8, 4) is 6.07 Å². The summed E-state index contributed by atoms with van der Waals surface area (Å²) in [7, 11) is 1.87. The van der Waals surface area contributed by atoms with E-state index in [1.807, 2.05) is 25.5 Å². The summed E-state index contributed by atoms with van der Waals surface area (Å²) in [5.41, 5.74) is 2.74. The van der Waals surface area contributed by atoms with Crippen LogP contribution in [-0.4, -0.2) is 30.3 Å². The first-order chi connectivity index (χ1) is 12.0. The third-order valence-electron chi connectivity index (χ3n) is 4.79. The summed E-state index contributed by atoms with van der Waals surface area (Å²) in [4.78, 5) is 12.6. The van der Waals surface area contributed by atoms with Gasteiger partial charge in [-0.05, 0) is 38.8 Å². The number of carbonyl (C=O) groups excluding carboxylic acids is 1. The monoisotopic (exact) mass is 338 g/mol. The molecule has 0 saturated heterocycles. The van der Waals surface area contributed by atoms with Crippen LogP contribution in [0, 0.1) is 25.2 Å². The van der Waals surface area contributed by atoms with Crippen LogP contribution in [0.1, 0.15) is 53.8 Å². The fraction of sp³-hybridized carbons (Fsp3) is 0.500. The van der Waals surface area contributed by atoms with E-state index >= 15 is 0 Å². The number of aromatic nitrogens is 5. The van der Waals surface area contributed by atoms with E-state index in [1.54, 1.807) is 10.8 Å². The standard InChI is InChI=1S/C18H22N6O/c1-12-14(13(2)23(3)22-12)8-9-16(25)15(11-19)18-21-20-17-7-5-4-6-10-24(17)18/h8-9,15H,4-7,10H2,1-3H3. The van der Waals surface area contributed by atoms with Crippen molar-refractivity contribution < 1.29 is 4.79 Å². The minimum absolute atomic E-state index is 0.274. The summed E-state index contributed by atoms with van der Waals surface area (Å²) in [6.45, 7) is 4.62. The van der Waals surface area contributed by atoms with Crippen LogP contribution in [-0.2, 0) is 24.8 Å². The zero-order valence-electron chi connectivity index (χ0n) is 14.9. The van der Waals surface area contributed by atoms with E-state index in [9.17, 15) is 10.1 Å². The minimum Gasteiger partial charge on any atom is -0.313 e. The number of carbonyl (C=O) groups is 1. The summed E-state index contributed by atoms with van der Waals surface area (Å²) < 4.78 is 3.73.